The molecular formula is C11H11NO4. The Hall–Kier alpha value is -2.17. The van der Waals surface area contributed by atoms with E-state index in [9.17, 15) is 14.9 Å². The number of carbonyl (C=O) groups excluding carboxylic acids is 1. The van der Waals surface area contributed by atoms with Crippen LogP contribution < -0.4 is 4.74 Å². The van der Waals surface area contributed by atoms with Crippen LogP contribution in [-0.4, -0.2) is 17.8 Å². The van der Waals surface area contributed by atoms with E-state index in [1.165, 1.54) is 38.3 Å². The Morgan fingerprint density at radius 2 is 2.19 bits per heavy atom. The van der Waals surface area contributed by atoms with Gasteiger partial charge >= 0.3 is 5.69 Å². The van der Waals surface area contributed by atoms with Crippen LogP contribution in [0.4, 0.5) is 5.69 Å². The molecule has 5 heteroatoms. The third-order valence-corrected chi connectivity index (χ3v) is 1.91. The molecule has 0 saturated carbocycles. The van der Waals surface area contributed by atoms with Crippen molar-refractivity contribution >= 4 is 17.5 Å². The monoisotopic (exact) mass is 221 g/mol. The van der Waals surface area contributed by atoms with Crippen LogP contribution in [0, 0.1) is 10.1 Å². The van der Waals surface area contributed by atoms with Crippen LogP contribution in [0.3, 0.4) is 0 Å². The highest BCUT2D eigenvalue weighted by atomic mass is 16.6. The maximum absolute atomic E-state index is 10.7. The summed E-state index contributed by atoms with van der Waals surface area (Å²) in [5.41, 5.74) is 0.468. The zero-order chi connectivity index (χ0) is 12.1. The average molecular weight is 221 g/mol. The molecule has 0 aliphatic carbocycles. The Kier molecular flexibility index (Phi) is 3.77. The van der Waals surface area contributed by atoms with Gasteiger partial charge in [0.1, 0.15) is 0 Å². The van der Waals surface area contributed by atoms with Crippen LogP contribution in [0.5, 0.6) is 5.75 Å². The van der Waals surface area contributed by atoms with Gasteiger partial charge in [0.2, 0.25) is 0 Å². The van der Waals surface area contributed by atoms with Gasteiger partial charge in [-0.25, -0.2) is 0 Å². The molecule has 0 bridgehead atoms. The summed E-state index contributed by atoms with van der Waals surface area (Å²) in [6, 6.07) is 4.50. The number of ether oxygens (including phenoxy) is 1. The van der Waals surface area contributed by atoms with Crippen molar-refractivity contribution in [2.24, 2.45) is 0 Å². The number of hydrogen-bond donors (Lipinski definition) is 0. The van der Waals surface area contributed by atoms with Crippen LogP contribution in [0.1, 0.15) is 12.5 Å². The SMILES string of the molecule is COc1ccc(C=CC(C)=O)cc1[N+](=O)[O-]. The lowest BCUT2D eigenvalue weighted by Gasteiger charge is -2.01. The zero-order valence-corrected chi connectivity index (χ0v) is 8.97. The highest BCUT2D eigenvalue weighted by Crippen LogP contribution is 2.27. The van der Waals surface area contributed by atoms with Crippen molar-refractivity contribution in [3.8, 4) is 5.75 Å². The molecule has 1 aromatic rings. The number of allylic oxidation sites excluding steroid dienone is 1. The zero-order valence-electron chi connectivity index (χ0n) is 8.97. The van der Waals surface area contributed by atoms with E-state index in [0.717, 1.165) is 0 Å². The first-order valence-corrected chi connectivity index (χ1v) is 4.55. The third-order valence-electron chi connectivity index (χ3n) is 1.91. The van der Waals surface area contributed by atoms with Gasteiger partial charge in [-0.15, -0.1) is 0 Å². The lowest BCUT2D eigenvalue weighted by molar-refractivity contribution is -0.385. The topological polar surface area (TPSA) is 69.4 Å². The summed E-state index contributed by atoms with van der Waals surface area (Å²) in [7, 11) is 1.37. The van der Waals surface area contributed by atoms with E-state index >= 15 is 0 Å². The third kappa shape index (κ3) is 2.91. The fraction of sp³-hybridized carbons (Fsp3) is 0.182. The molecule has 16 heavy (non-hydrogen) atoms. The molecule has 0 aliphatic rings. The molecule has 0 heterocycles. The van der Waals surface area contributed by atoms with Gasteiger partial charge in [0.05, 0.1) is 12.0 Å². The van der Waals surface area contributed by atoms with Gasteiger partial charge in [0.25, 0.3) is 0 Å². The van der Waals surface area contributed by atoms with E-state index < -0.39 is 4.92 Å². The van der Waals surface area contributed by atoms with Crippen molar-refractivity contribution in [1.82, 2.24) is 0 Å². The van der Waals surface area contributed by atoms with Gasteiger partial charge in [-0.05, 0) is 24.6 Å². The average Bonchev–Trinajstić information content (AvgIpc) is 2.25. The first-order valence-electron chi connectivity index (χ1n) is 4.55. The standard InChI is InChI=1S/C11H11NO4/c1-8(13)3-4-9-5-6-11(16-2)10(7-9)12(14)15/h3-7H,1-2H3. The number of methoxy groups -OCH3 is 1. The van der Waals surface area contributed by atoms with Gasteiger partial charge in [0, 0.05) is 6.07 Å². The molecule has 0 aromatic heterocycles. The predicted molar refractivity (Wildman–Crippen MR) is 59.4 cm³/mol. The molecule has 0 spiro atoms. The van der Waals surface area contributed by atoms with E-state index in [-0.39, 0.29) is 17.2 Å². The summed E-state index contributed by atoms with van der Waals surface area (Å²) >= 11 is 0. The molecule has 0 amide bonds. The lowest BCUT2D eigenvalue weighted by Crippen LogP contribution is -1.94. The van der Waals surface area contributed by atoms with Crippen LogP contribution in [0.25, 0.3) is 6.08 Å². The van der Waals surface area contributed by atoms with Crippen LogP contribution in [-0.2, 0) is 4.79 Å². The fourth-order valence-corrected chi connectivity index (χ4v) is 1.17. The summed E-state index contributed by atoms with van der Waals surface area (Å²) in [4.78, 5) is 20.9. The second kappa shape index (κ2) is 5.06. The number of benzene rings is 1. The first-order chi connectivity index (χ1) is 7.54. The molecule has 5 nitrogen and oxygen atoms in total. The summed E-state index contributed by atoms with van der Waals surface area (Å²) in [6.07, 6.45) is 2.88. The maximum atomic E-state index is 10.7. The second-order valence-electron chi connectivity index (χ2n) is 3.13. The lowest BCUT2D eigenvalue weighted by atomic mass is 10.1. The summed E-state index contributed by atoms with van der Waals surface area (Å²) in [6.45, 7) is 1.41. The maximum Gasteiger partial charge on any atom is 0.311 e. The fourth-order valence-electron chi connectivity index (χ4n) is 1.17. The highest BCUT2D eigenvalue weighted by Gasteiger charge is 2.13. The van der Waals surface area contributed by atoms with Gasteiger partial charge in [-0.3, -0.25) is 14.9 Å². The van der Waals surface area contributed by atoms with Gasteiger partial charge in [0.15, 0.2) is 11.5 Å². The number of carbonyl (C=O) groups is 1. The largest absolute Gasteiger partial charge is 0.490 e. The number of ketones is 1. The van der Waals surface area contributed by atoms with E-state index in [0.29, 0.717) is 5.56 Å². The minimum absolute atomic E-state index is 0.113. The quantitative estimate of drug-likeness (QED) is 0.444. The smallest absolute Gasteiger partial charge is 0.311 e. The molecule has 0 unspecified atom stereocenters. The first kappa shape index (κ1) is 11.9. The number of nitrogens with zero attached hydrogens (tertiary/aromatic N) is 1. The van der Waals surface area contributed by atoms with Crippen molar-refractivity contribution in [1.29, 1.82) is 0 Å². The van der Waals surface area contributed by atoms with Gasteiger partial charge < -0.3 is 4.74 Å². The van der Waals surface area contributed by atoms with E-state index in [4.69, 9.17) is 4.74 Å². The predicted octanol–water partition coefficient (Wildman–Crippen LogP) is 2.21. The number of nitro benzene ring substituents is 1. The number of nitro groups is 1. The molecule has 1 aromatic carbocycles. The van der Waals surface area contributed by atoms with Crippen LogP contribution in [0.15, 0.2) is 24.3 Å². The van der Waals surface area contributed by atoms with Crippen LogP contribution >= 0.6 is 0 Å². The molecule has 0 aliphatic heterocycles. The van der Waals surface area contributed by atoms with Gasteiger partial charge in [-0.2, -0.15) is 0 Å². The minimum Gasteiger partial charge on any atom is -0.490 e. The highest BCUT2D eigenvalue weighted by molar-refractivity contribution is 5.91. The Morgan fingerprint density at radius 3 is 2.69 bits per heavy atom. The van der Waals surface area contributed by atoms with Crippen molar-refractivity contribution < 1.29 is 14.5 Å². The normalized spacial score (nSPS) is 10.4. The molecule has 0 atom stereocenters. The number of rotatable bonds is 4. The van der Waals surface area contributed by atoms with Crippen LogP contribution in [0.2, 0.25) is 0 Å². The van der Waals surface area contributed by atoms with Crippen molar-refractivity contribution in [2.45, 2.75) is 6.92 Å². The molecule has 0 fully saturated rings. The minimum atomic E-state index is -0.524. The molecule has 0 saturated heterocycles. The molecule has 84 valence electrons. The Morgan fingerprint density at radius 1 is 1.50 bits per heavy atom. The second-order valence-corrected chi connectivity index (χ2v) is 3.13. The van der Waals surface area contributed by atoms with Crippen molar-refractivity contribution in [3.63, 3.8) is 0 Å². The van der Waals surface area contributed by atoms with Crippen molar-refractivity contribution in [2.75, 3.05) is 7.11 Å². The number of hydrogen-bond acceptors (Lipinski definition) is 4. The van der Waals surface area contributed by atoms with E-state index in [2.05, 4.69) is 0 Å². The molecule has 0 radical (unpaired) electrons. The Labute approximate surface area is 92.5 Å². The van der Waals surface area contributed by atoms with E-state index in [1.54, 1.807) is 6.07 Å². The molecule has 0 N–H and O–H groups in total. The van der Waals surface area contributed by atoms with E-state index in [1.807, 2.05) is 0 Å². The summed E-state index contributed by atoms with van der Waals surface area (Å²) < 4.78 is 4.85. The van der Waals surface area contributed by atoms with Gasteiger partial charge in [-0.1, -0.05) is 12.1 Å². The summed E-state index contributed by atoms with van der Waals surface area (Å²) in [5, 5.41) is 10.7. The molecule has 1 rings (SSSR count). The Balaban J connectivity index is 3.12. The Bertz CT molecular complexity index is 451. The summed E-state index contributed by atoms with van der Waals surface area (Å²) in [5.74, 6) is 0.0865. The van der Waals surface area contributed by atoms with Crippen molar-refractivity contribution in [3.05, 3.63) is 40.0 Å². The molecular weight excluding hydrogens is 210 g/mol.